The second-order valence-corrected chi connectivity index (χ2v) is 8.28. The van der Waals surface area contributed by atoms with Gasteiger partial charge in [-0.1, -0.05) is 48.5 Å². The largest absolute Gasteiger partial charge is 0.491 e. The lowest BCUT2D eigenvalue weighted by Gasteiger charge is -2.35. The molecule has 1 N–H and O–H groups in total. The van der Waals surface area contributed by atoms with Gasteiger partial charge in [0.2, 0.25) is 0 Å². The van der Waals surface area contributed by atoms with E-state index >= 15 is 0 Å². The minimum atomic E-state index is -0.516. The predicted molar refractivity (Wildman–Crippen MR) is 123 cm³/mol. The summed E-state index contributed by atoms with van der Waals surface area (Å²) in [6.45, 7) is 5.89. The highest BCUT2D eigenvalue weighted by Crippen LogP contribution is 2.31. The van der Waals surface area contributed by atoms with Gasteiger partial charge < -0.3 is 14.3 Å². The summed E-state index contributed by atoms with van der Waals surface area (Å²) < 4.78 is 11.8. The Morgan fingerprint density at radius 1 is 0.806 bits per heavy atom. The van der Waals surface area contributed by atoms with Gasteiger partial charge in [-0.25, -0.2) is 0 Å². The maximum absolute atomic E-state index is 10.5. The standard InChI is InChI=1S/C26H28N2O3/c29-21(18-28-14-12-27(13-15-28)17-20-6-2-1-3-7-20)19-30-22-10-11-26-24(16-22)23-8-4-5-9-25(23)31-26/h1-11,16,21,29H,12-15,17-19H2. The van der Waals surface area contributed by atoms with Crippen LogP contribution in [0.15, 0.2) is 77.2 Å². The molecule has 3 aromatic carbocycles. The van der Waals surface area contributed by atoms with Gasteiger partial charge in [0, 0.05) is 50.0 Å². The summed E-state index contributed by atoms with van der Waals surface area (Å²) in [5.74, 6) is 0.755. The van der Waals surface area contributed by atoms with E-state index in [2.05, 4.69) is 46.2 Å². The summed E-state index contributed by atoms with van der Waals surface area (Å²) in [5.41, 5.74) is 3.08. The predicted octanol–water partition coefficient (Wildman–Crippen LogP) is 4.14. The normalized spacial score (nSPS) is 16.7. The molecule has 1 aliphatic rings. The second-order valence-electron chi connectivity index (χ2n) is 8.28. The molecular weight excluding hydrogens is 388 g/mol. The van der Waals surface area contributed by atoms with E-state index in [1.807, 2.05) is 36.4 Å². The molecule has 0 saturated carbocycles. The van der Waals surface area contributed by atoms with Crippen LogP contribution in [-0.4, -0.2) is 60.3 Å². The Balaban J connectivity index is 1.11. The fraction of sp³-hybridized carbons (Fsp3) is 0.308. The van der Waals surface area contributed by atoms with Crippen LogP contribution in [0, 0.1) is 0 Å². The number of β-amino-alcohol motifs (C(OH)–C–C–N with tert-alkyl or cyclic N) is 1. The fourth-order valence-corrected chi connectivity index (χ4v) is 4.31. The zero-order valence-corrected chi connectivity index (χ0v) is 17.6. The molecule has 0 amide bonds. The van der Waals surface area contributed by atoms with Crippen LogP contribution in [-0.2, 0) is 6.54 Å². The van der Waals surface area contributed by atoms with E-state index in [-0.39, 0.29) is 6.61 Å². The van der Waals surface area contributed by atoms with Crippen LogP contribution < -0.4 is 4.74 Å². The molecule has 1 atom stereocenters. The molecule has 0 aliphatic carbocycles. The molecule has 1 aliphatic heterocycles. The van der Waals surface area contributed by atoms with Gasteiger partial charge in [0.1, 0.15) is 29.6 Å². The van der Waals surface area contributed by atoms with E-state index in [1.165, 1.54) is 5.56 Å². The number of nitrogens with zero attached hydrogens (tertiary/aromatic N) is 2. The number of benzene rings is 3. The van der Waals surface area contributed by atoms with Crippen molar-refractivity contribution in [3.05, 3.63) is 78.4 Å². The minimum absolute atomic E-state index is 0.283. The van der Waals surface area contributed by atoms with Crippen molar-refractivity contribution in [2.75, 3.05) is 39.3 Å². The smallest absolute Gasteiger partial charge is 0.135 e. The van der Waals surface area contributed by atoms with E-state index in [1.54, 1.807) is 0 Å². The van der Waals surface area contributed by atoms with Crippen molar-refractivity contribution in [3.8, 4) is 5.75 Å². The van der Waals surface area contributed by atoms with Gasteiger partial charge in [-0.3, -0.25) is 9.80 Å². The molecule has 1 aromatic heterocycles. The molecule has 5 heteroatoms. The fourth-order valence-electron chi connectivity index (χ4n) is 4.31. The number of piperazine rings is 1. The zero-order valence-electron chi connectivity index (χ0n) is 17.6. The average Bonchev–Trinajstić information content (AvgIpc) is 3.18. The third kappa shape index (κ3) is 4.74. The molecule has 0 radical (unpaired) electrons. The highest BCUT2D eigenvalue weighted by Gasteiger charge is 2.19. The number of aliphatic hydroxyl groups is 1. The number of fused-ring (bicyclic) bond motifs is 3. The Morgan fingerprint density at radius 3 is 2.35 bits per heavy atom. The number of para-hydroxylation sites is 1. The molecule has 5 rings (SSSR count). The minimum Gasteiger partial charge on any atom is -0.491 e. The van der Waals surface area contributed by atoms with Gasteiger partial charge in [0.25, 0.3) is 0 Å². The third-order valence-electron chi connectivity index (χ3n) is 5.97. The van der Waals surface area contributed by atoms with Crippen molar-refractivity contribution in [2.45, 2.75) is 12.6 Å². The Hall–Kier alpha value is -2.86. The van der Waals surface area contributed by atoms with E-state index < -0.39 is 6.10 Å². The summed E-state index contributed by atoms with van der Waals surface area (Å²) in [5, 5.41) is 12.6. The van der Waals surface area contributed by atoms with E-state index in [0.29, 0.717) is 6.54 Å². The van der Waals surface area contributed by atoms with E-state index in [9.17, 15) is 5.11 Å². The molecule has 1 fully saturated rings. The zero-order chi connectivity index (χ0) is 21.0. The first-order valence-electron chi connectivity index (χ1n) is 11.0. The van der Waals surface area contributed by atoms with Gasteiger partial charge in [-0.15, -0.1) is 0 Å². The van der Waals surface area contributed by atoms with Crippen LogP contribution in [0.5, 0.6) is 5.75 Å². The Bertz CT molecular complexity index is 1130. The first-order chi connectivity index (χ1) is 15.2. The van der Waals surface area contributed by atoms with E-state index in [4.69, 9.17) is 9.15 Å². The maximum atomic E-state index is 10.5. The van der Waals surface area contributed by atoms with Gasteiger partial charge in [0.05, 0.1) is 0 Å². The van der Waals surface area contributed by atoms with E-state index in [0.717, 1.165) is 60.4 Å². The highest BCUT2D eigenvalue weighted by atomic mass is 16.5. The van der Waals surface area contributed by atoms with Gasteiger partial charge in [0.15, 0.2) is 0 Å². The van der Waals surface area contributed by atoms with Crippen LogP contribution >= 0.6 is 0 Å². The first-order valence-corrected chi connectivity index (χ1v) is 11.0. The lowest BCUT2D eigenvalue weighted by molar-refractivity contribution is 0.0446. The number of hydrogen-bond donors (Lipinski definition) is 1. The molecular formula is C26H28N2O3. The number of ether oxygens (including phenoxy) is 1. The number of hydrogen-bond acceptors (Lipinski definition) is 5. The number of furan rings is 1. The molecule has 5 nitrogen and oxygen atoms in total. The molecule has 31 heavy (non-hydrogen) atoms. The summed E-state index contributed by atoms with van der Waals surface area (Å²) in [6, 6.07) is 24.4. The summed E-state index contributed by atoms with van der Waals surface area (Å²) >= 11 is 0. The lowest BCUT2D eigenvalue weighted by atomic mass is 10.1. The molecule has 1 unspecified atom stereocenters. The van der Waals surface area contributed by atoms with Crippen molar-refractivity contribution in [2.24, 2.45) is 0 Å². The van der Waals surface area contributed by atoms with Crippen LogP contribution in [0.4, 0.5) is 0 Å². The highest BCUT2D eigenvalue weighted by molar-refractivity contribution is 6.05. The lowest BCUT2D eigenvalue weighted by Crippen LogP contribution is -2.48. The van der Waals surface area contributed by atoms with Crippen molar-refractivity contribution in [1.29, 1.82) is 0 Å². The van der Waals surface area contributed by atoms with Crippen LogP contribution in [0.25, 0.3) is 21.9 Å². The Kier molecular flexibility index (Phi) is 5.89. The van der Waals surface area contributed by atoms with Gasteiger partial charge in [-0.05, 0) is 29.8 Å². The number of rotatable bonds is 7. The molecule has 1 saturated heterocycles. The third-order valence-corrected chi connectivity index (χ3v) is 5.97. The maximum Gasteiger partial charge on any atom is 0.135 e. The first kappa shape index (κ1) is 20.1. The number of aliphatic hydroxyl groups excluding tert-OH is 1. The quantitative estimate of drug-likeness (QED) is 0.491. The molecule has 0 bridgehead atoms. The Labute approximate surface area is 182 Å². The molecule has 160 valence electrons. The van der Waals surface area contributed by atoms with Crippen LogP contribution in [0.1, 0.15) is 5.56 Å². The molecule has 4 aromatic rings. The van der Waals surface area contributed by atoms with Crippen molar-refractivity contribution in [3.63, 3.8) is 0 Å². The average molecular weight is 417 g/mol. The monoisotopic (exact) mass is 416 g/mol. The SMILES string of the molecule is OC(COc1ccc2oc3ccccc3c2c1)CN1CCN(Cc2ccccc2)CC1. The second kappa shape index (κ2) is 9.10. The topological polar surface area (TPSA) is 49.1 Å². The van der Waals surface area contributed by atoms with Crippen molar-refractivity contribution < 1.29 is 14.3 Å². The molecule has 0 spiro atoms. The summed E-state index contributed by atoms with van der Waals surface area (Å²) in [6.07, 6.45) is -0.516. The Morgan fingerprint density at radius 2 is 1.52 bits per heavy atom. The van der Waals surface area contributed by atoms with Crippen LogP contribution in [0.2, 0.25) is 0 Å². The van der Waals surface area contributed by atoms with Gasteiger partial charge in [-0.2, -0.15) is 0 Å². The molecule has 2 heterocycles. The van der Waals surface area contributed by atoms with Gasteiger partial charge >= 0.3 is 0 Å². The van der Waals surface area contributed by atoms with Crippen molar-refractivity contribution in [1.82, 2.24) is 9.80 Å². The van der Waals surface area contributed by atoms with Crippen molar-refractivity contribution >= 4 is 21.9 Å². The summed E-state index contributed by atoms with van der Waals surface area (Å²) in [4.78, 5) is 4.79. The van der Waals surface area contributed by atoms with Crippen LogP contribution in [0.3, 0.4) is 0 Å². The summed E-state index contributed by atoms with van der Waals surface area (Å²) in [7, 11) is 0.